The van der Waals surface area contributed by atoms with Crippen LogP contribution in [0.4, 0.5) is 19.3 Å². The number of amides is 3. The van der Waals surface area contributed by atoms with Crippen molar-refractivity contribution < 1.29 is 18.4 Å². The van der Waals surface area contributed by atoms with Crippen molar-refractivity contribution >= 4 is 33.6 Å². The number of carbonyl (C=O) groups is 2. The highest BCUT2D eigenvalue weighted by molar-refractivity contribution is 9.10. The molecule has 0 aliphatic rings. The molecule has 3 amide bonds. The maximum Gasteiger partial charge on any atom is 0.321 e. The van der Waals surface area contributed by atoms with Gasteiger partial charge in [0.1, 0.15) is 17.7 Å². The minimum Gasteiger partial charge on any atom is -0.371 e. The quantitative estimate of drug-likeness (QED) is 0.740. The second-order valence-electron chi connectivity index (χ2n) is 3.68. The maximum atomic E-state index is 13.5. The van der Waals surface area contributed by atoms with Gasteiger partial charge in [0.2, 0.25) is 5.91 Å². The van der Waals surface area contributed by atoms with Gasteiger partial charge in [-0.1, -0.05) is 0 Å². The fourth-order valence-electron chi connectivity index (χ4n) is 1.21. The molecule has 1 aromatic rings. The van der Waals surface area contributed by atoms with Crippen LogP contribution in [0.5, 0.6) is 0 Å². The van der Waals surface area contributed by atoms with Gasteiger partial charge < -0.3 is 10.6 Å². The summed E-state index contributed by atoms with van der Waals surface area (Å²) in [5.41, 5.74) is -0.166. The zero-order valence-electron chi connectivity index (χ0n) is 10.2. The van der Waals surface area contributed by atoms with Crippen LogP contribution in [0.3, 0.4) is 0 Å². The van der Waals surface area contributed by atoms with E-state index in [2.05, 4.69) is 26.6 Å². The lowest BCUT2D eigenvalue weighted by molar-refractivity contribution is -0.120. The van der Waals surface area contributed by atoms with Gasteiger partial charge in [-0.2, -0.15) is 0 Å². The van der Waals surface area contributed by atoms with E-state index in [9.17, 15) is 18.4 Å². The number of hydrogen-bond donors (Lipinski definition) is 3. The summed E-state index contributed by atoms with van der Waals surface area (Å²) in [5.74, 6) is -2.04. The predicted octanol–water partition coefficient (Wildman–Crippen LogP) is 1.98. The predicted molar refractivity (Wildman–Crippen MR) is 69.7 cm³/mol. The first-order valence-electron chi connectivity index (χ1n) is 5.28. The van der Waals surface area contributed by atoms with Crippen molar-refractivity contribution in [3.05, 3.63) is 28.2 Å². The van der Waals surface area contributed by atoms with E-state index in [1.807, 2.05) is 5.32 Å². The Kier molecular flexibility index (Phi) is 5.22. The third-order valence-electron chi connectivity index (χ3n) is 2.24. The average molecular weight is 336 g/mol. The third kappa shape index (κ3) is 4.16. The summed E-state index contributed by atoms with van der Waals surface area (Å²) in [6.07, 6.45) is 0. The SMILES string of the molecule is CNC(=O)NC(=O)C(C)Nc1cc(F)c(Br)cc1F. The van der Waals surface area contributed by atoms with Gasteiger partial charge in [0, 0.05) is 13.1 Å². The molecule has 0 heterocycles. The first kappa shape index (κ1) is 15.4. The van der Waals surface area contributed by atoms with E-state index >= 15 is 0 Å². The van der Waals surface area contributed by atoms with Gasteiger partial charge in [0.15, 0.2) is 0 Å². The van der Waals surface area contributed by atoms with Gasteiger partial charge in [-0.3, -0.25) is 10.1 Å². The molecule has 0 saturated carbocycles. The van der Waals surface area contributed by atoms with Crippen LogP contribution in [0, 0.1) is 11.6 Å². The van der Waals surface area contributed by atoms with E-state index < -0.39 is 29.6 Å². The Labute approximate surface area is 116 Å². The number of anilines is 1. The first-order valence-corrected chi connectivity index (χ1v) is 6.08. The van der Waals surface area contributed by atoms with Crippen LogP contribution in [0.1, 0.15) is 6.92 Å². The van der Waals surface area contributed by atoms with Crippen molar-refractivity contribution in [2.45, 2.75) is 13.0 Å². The van der Waals surface area contributed by atoms with Crippen LogP contribution in [-0.4, -0.2) is 25.0 Å². The monoisotopic (exact) mass is 335 g/mol. The number of rotatable bonds is 3. The van der Waals surface area contributed by atoms with E-state index in [1.54, 1.807) is 0 Å². The molecule has 0 aromatic heterocycles. The summed E-state index contributed by atoms with van der Waals surface area (Å²) in [5, 5.41) is 6.70. The summed E-state index contributed by atoms with van der Waals surface area (Å²) >= 11 is 2.84. The van der Waals surface area contributed by atoms with E-state index in [0.29, 0.717) is 0 Å². The highest BCUT2D eigenvalue weighted by atomic mass is 79.9. The Morgan fingerprint density at radius 3 is 2.47 bits per heavy atom. The number of benzene rings is 1. The number of hydrogen-bond acceptors (Lipinski definition) is 3. The van der Waals surface area contributed by atoms with Gasteiger partial charge in [-0.25, -0.2) is 13.6 Å². The van der Waals surface area contributed by atoms with Crippen LogP contribution in [0.15, 0.2) is 16.6 Å². The summed E-state index contributed by atoms with van der Waals surface area (Å²) in [6, 6.07) is 0.276. The number of nitrogens with one attached hydrogen (secondary N) is 3. The molecule has 1 rings (SSSR count). The molecule has 8 heteroatoms. The molecule has 1 atom stereocenters. The summed E-state index contributed by atoms with van der Waals surface area (Å²) in [6.45, 7) is 1.41. The van der Waals surface area contributed by atoms with Crippen molar-refractivity contribution in [3.63, 3.8) is 0 Å². The molecule has 0 saturated heterocycles. The summed E-state index contributed by atoms with van der Waals surface area (Å²) in [7, 11) is 1.35. The zero-order valence-corrected chi connectivity index (χ0v) is 11.8. The van der Waals surface area contributed by atoms with E-state index in [1.165, 1.54) is 14.0 Å². The Bertz CT molecular complexity index is 511. The molecule has 1 aromatic carbocycles. The first-order chi connectivity index (χ1) is 8.85. The normalized spacial score (nSPS) is 11.6. The molecule has 0 radical (unpaired) electrons. The number of halogens is 3. The van der Waals surface area contributed by atoms with Crippen LogP contribution in [0.25, 0.3) is 0 Å². The molecular formula is C11H12BrF2N3O2. The Morgan fingerprint density at radius 1 is 1.26 bits per heavy atom. The largest absolute Gasteiger partial charge is 0.371 e. The third-order valence-corrected chi connectivity index (χ3v) is 2.85. The maximum absolute atomic E-state index is 13.5. The van der Waals surface area contributed by atoms with Crippen molar-refractivity contribution in [3.8, 4) is 0 Å². The molecule has 5 nitrogen and oxygen atoms in total. The lowest BCUT2D eigenvalue weighted by atomic mass is 10.2. The minimum absolute atomic E-state index is 0.0157. The van der Waals surface area contributed by atoms with Gasteiger partial charge in [0.05, 0.1) is 10.2 Å². The molecular weight excluding hydrogens is 324 g/mol. The molecule has 104 valence electrons. The highest BCUT2D eigenvalue weighted by Crippen LogP contribution is 2.23. The van der Waals surface area contributed by atoms with Crippen molar-refractivity contribution in [2.75, 3.05) is 12.4 Å². The fourth-order valence-corrected chi connectivity index (χ4v) is 1.53. The minimum atomic E-state index is -0.910. The number of carbonyl (C=O) groups excluding carboxylic acids is 2. The van der Waals surface area contributed by atoms with Gasteiger partial charge in [0.25, 0.3) is 0 Å². The van der Waals surface area contributed by atoms with Crippen molar-refractivity contribution in [1.29, 1.82) is 0 Å². The van der Waals surface area contributed by atoms with Crippen LogP contribution in [0.2, 0.25) is 0 Å². The number of imide groups is 1. The van der Waals surface area contributed by atoms with Crippen molar-refractivity contribution in [2.24, 2.45) is 0 Å². The molecule has 0 bridgehead atoms. The molecule has 3 N–H and O–H groups in total. The second-order valence-corrected chi connectivity index (χ2v) is 4.53. The molecule has 19 heavy (non-hydrogen) atoms. The molecule has 0 aliphatic carbocycles. The topological polar surface area (TPSA) is 70.2 Å². The van der Waals surface area contributed by atoms with E-state index in [4.69, 9.17) is 0 Å². The van der Waals surface area contributed by atoms with E-state index in [-0.39, 0.29) is 10.2 Å². The fraction of sp³-hybridized carbons (Fsp3) is 0.273. The summed E-state index contributed by atoms with van der Waals surface area (Å²) < 4.78 is 26.8. The second kappa shape index (κ2) is 6.46. The summed E-state index contributed by atoms with van der Waals surface area (Å²) in [4.78, 5) is 22.5. The molecule has 0 spiro atoms. The van der Waals surface area contributed by atoms with Gasteiger partial charge >= 0.3 is 6.03 Å². The zero-order chi connectivity index (χ0) is 14.6. The van der Waals surface area contributed by atoms with Crippen molar-refractivity contribution in [1.82, 2.24) is 10.6 Å². The average Bonchev–Trinajstić information content (AvgIpc) is 2.35. The highest BCUT2D eigenvalue weighted by Gasteiger charge is 2.17. The Morgan fingerprint density at radius 2 is 1.89 bits per heavy atom. The Balaban J connectivity index is 2.77. The van der Waals surface area contributed by atoms with E-state index in [0.717, 1.165) is 12.1 Å². The lowest BCUT2D eigenvalue weighted by Gasteiger charge is -2.15. The van der Waals surface area contributed by atoms with Crippen LogP contribution >= 0.6 is 15.9 Å². The molecule has 1 unspecified atom stereocenters. The Hall–Kier alpha value is -1.70. The standard InChI is InChI=1S/C11H12BrF2N3O2/c1-5(10(18)17-11(19)15-2)16-9-4-7(13)6(12)3-8(9)14/h3-5,16H,1-2H3,(H2,15,17,18,19). The lowest BCUT2D eigenvalue weighted by Crippen LogP contribution is -2.44. The van der Waals surface area contributed by atoms with Gasteiger partial charge in [-0.15, -0.1) is 0 Å². The molecule has 0 aliphatic heterocycles. The van der Waals surface area contributed by atoms with Crippen LogP contribution < -0.4 is 16.0 Å². The number of urea groups is 1. The van der Waals surface area contributed by atoms with Gasteiger partial charge in [-0.05, 0) is 28.9 Å². The van der Waals surface area contributed by atoms with Crippen LogP contribution in [-0.2, 0) is 4.79 Å². The smallest absolute Gasteiger partial charge is 0.321 e. The molecule has 0 fully saturated rings.